The van der Waals surface area contributed by atoms with Gasteiger partial charge in [-0.1, -0.05) is 6.07 Å². The zero-order valence-electron chi connectivity index (χ0n) is 14.3. The number of halogens is 3. The molecule has 0 fully saturated rings. The van der Waals surface area contributed by atoms with Crippen LogP contribution >= 0.6 is 0 Å². The number of aromatic amines is 1. The van der Waals surface area contributed by atoms with E-state index in [2.05, 4.69) is 40.3 Å². The molecular weight excluding hydrogens is 377 g/mol. The minimum absolute atomic E-state index is 0.186. The van der Waals surface area contributed by atoms with Crippen molar-refractivity contribution in [1.82, 2.24) is 34.9 Å². The van der Waals surface area contributed by atoms with Gasteiger partial charge in [0.2, 0.25) is 11.8 Å². The summed E-state index contributed by atoms with van der Waals surface area (Å²) in [5.74, 6) is -0.198. The molecule has 0 aliphatic rings. The van der Waals surface area contributed by atoms with Crippen molar-refractivity contribution in [2.75, 3.05) is 5.32 Å². The first-order valence-corrected chi connectivity index (χ1v) is 8.08. The van der Waals surface area contributed by atoms with Crippen molar-refractivity contribution in [2.24, 2.45) is 0 Å². The Morgan fingerprint density at radius 1 is 1.14 bits per heavy atom. The van der Waals surface area contributed by atoms with Crippen molar-refractivity contribution in [1.29, 1.82) is 0 Å². The lowest BCUT2D eigenvalue weighted by Gasteiger charge is -2.13. The van der Waals surface area contributed by atoms with E-state index < -0.39 is 12.6 Å². The lowest BCUT2D eigenvalue weighted by atomic mass is 10.1. The smallest absolute Gasteiger partial charge is 0.388 e. The van der Waals surface area contributed by atoms with Gasteiger partial charge in [0.25, 0.3) is 0 Å². The number of anilines is 2. The summed E-state index contributed by atoms with van der Waals surface area (Å²) in [5, 5.41) is 13.3. The second-order valence-electron chi connectivity index (χ2n) is 5.76. The van der Waals surface area contributed by atoms with E-state index in [0.29, 0.717) is 17.0 Å². The highest BCUT2D eigenvalue weighted by atomic mass is 19.3. The SMILES string of the molecule is C[C@@H](c1ccc(F)nc1)n1ncc2ncc(Nc3cc(OC(F)F)[nH]n3)nc21. The van der Waals surface area contributed by atoms with E-state index in [4.69, 9.17) is 0 Å². The van der Waals surface area contributed by atoms with Gasteiger partial charge in [0.1, 0.15) is 5.52 Å². The lowest BCUT2D eigenvalue weighted by Crippen LogP contribution is -2.10. The Balaban J connectivity index is 1.60. The van der Waals surface area contributed by atoms with Crippen molar-refractivity contribution in [3.05, 3.63) is 48.3 Å². The Morgan fingerprint density at radius 2 is 2.00 bits per heavy atom. The Bertz CT molecular complexity index is 1090. The van der Waals surface area contributed by atoms with E-state index in [9.17, 15) is 13.2 Å². The number of ether oxygens (including phenoxy) is 1. The van der Waals surface area contributed by atoms with E-state index in [1.54, 1.807) is 16.9 Å². The van der Waals surface area contributed by atoms with Crippen LogP contribution in [0.1, 0.15) is 18.5 Å². The van der Waals surface area contributed by atoms with Gasteiger partial charge in [-0.3, -0.25) is 0 Å². The molecule has 0 amide bonds. The molecule has 1 atom stereocenters. The topological polar surface area (TPSA) is 106 Å². The third kappa shape index (κ3) is 3.56. The first-order valence-electron chi connectivity index (χ1n) is 8.08. The Kier molecular flexibility index (Phi) is 4.51. The van der Waals surface area contributed by atoms with Gasteiger partial charge in [0, 0.05) is 12.3 Å². The number of hydrogen-bond donors (Lipinski definition) is 2. The third-order valence-corrected chi connectivity index (χ3v) is 3.93. The van der Waals surface area contributed by atoms with Crippen LogP contribution in [0.15, 0.2) is 36.8 Å². The molecule has 0 bridgehead atoms. The molecule has 0 aliphatic carbocycles. The van der Waals surface area contributed by atoms with Gasteiger partial charge in [0.05, 0.1) is 18.4 Å². The Hall–Kier alpha value is -3.70. The minimum Gasteiger partial charge on any atom is -0.417 e. The normalized spacial score (nSPS) is 12.5. The van der Waals surface area contributed by atoms with Crippen LogP contribution in [0.5, 0.6) is 5.88 Å². The number of pyridine rings is 1. The molecule has 0 spiro atoms. The zero-order valence-corrected chi connectivity index (χ0v) is 14.3. The maximum atomic E-state index is 13.1. The van der Waals surface area contributed by atoms with Crippen LogP contribution in [0.2, 0.25) is 0 Å². The number of nitrogens with one attached hydrogen (secondary N) is 2. The van der Waals surface area contributed by atoms with Crippen LogP contribution < -0.4 is 10.1 Å². The summed E-state index contributed by atoms with van der Waals surface area (Å²) in [6.07, 6.45) is 4.45. The summed E-state index contributed by atoms with van der Waals surface area (Å²) < 4.78 is 43.4. The molecule has 28 heavy (non-hydrogen) atoms. The number of alkyl halides is 2. The van der Waals surface area contributed by atoms with Crippen molar-refractivity contribution >= 4 is 22.8 Å². The molecule has 144 valence electrons. The fraction of sp³-hybridized carbons (Fsp3) is 0.188. The van der Waals surface area contributed by atoms with Gasteiger partial charge in [-0.2, -0.15) is 23.4 Å². The molecule has 12 heteroatoms. The van der Waals surface area contributed by atoms with Crippen LogP contribution in [0.4, 0.5) is 24.8 Å². The zero-order chi connectivity index (χ0) is 19.7. The quantitative estimate of drug-likeness (QED) is 0.487. The average Bonchev–Trinajstić information content (AvgIpc) is 3.28. The molecule has 2 N–H and O–H groups in total. The van der Waals surface area contributed by atoms with Crippen molar-refractivity contribution in [2.45, 2.75) is 19.6 Å². The highest BCUT2D eigenvalue weighted by Crippen LogP contribution is 2.23. The van der Waals surface area contributed by atoms with Gasteiger partial charge >= 0.3 is 6.61 Å². The molecule has 4 aromatic heterocycles. The minimum atomic E-state index is -2.96. The number of aromatic nitrogens is 7. The molecule has 9 nitrogen and oxygen atoms in total. The largest absolute Gasteiger partial charge is 0.417 e. The molecule has 0 aromatic carbocycles. The van der Waals surface area contributed by atoms with Crippen LogP contribution in [-0.4, -0.2) is 41.5 Å². The Morgan fingerprint density at radius 3 is 2.75 bits per heavy atom. The average molecular weight is 390 g/mol. The third-order valence-electron chi connectivity index (χ3n) is 3.93. The molecule has 4 aromatic rings. The van der Waals surface area contributed by atoms with E-state index in [1.807, 2.05) is 6.92 Å². The summed E-state index contributed by atoms with van der Waals surface area (Å²) in [6.45, 7) is -1.09. The molecule has 4 heterocycles. The molecule has 4 rings (SSSR count). The standard InChI is InChI=1S/C16H13F3N8O/c1-8(9-2-3-11(17)21-5-9)27-15-10(6-22-27)20-7-13(24-15)23-12-4-14(26-25-12)28-16(18)19/h2-8,16H,1H3,(H2,23,24,25,26)/t8-/m0/s1. The van der Waals surface area contributed by atoms with E-state index in [-0.39, 0.29) is 17.7 Å². The maximum Gasteiger partial charge on any atom is 0.388 e. The molecular formula is C16H13F3N8O. The summed E-state index contributed by atoms with van der Waals surface area (Å²) in [4.78, 5) is 12.4. The predicted octanol–water partition coefficient (Wildman–Crippen LogP) is 3.04. The van der Waals surface area contributed by atoms with Gasteiger partial charge in [0.15, 0.2) is 17.3 Å². The number of H-pyrrole nitrogens is 1. The molecule has 0 saturated heterocycles. The number of nitrogens with zero attached hydrogens (tertiary/aromatic N) is 6. The highest BCUT2D eigenvalue weighted by Gasteiger charge is 2.16. The number of fused-ring (bicyclic) bond motifs is 1. The summed E-state index contributed by atoms with van der Waals surface area (Å²) in [6, 6.07) is 3.88. The van der Waals surface area contributed by atoms with Crippen molar-refractivity contribution in [3.8, 4) is 5.88 Å². The van der Waals surface area contributed by atoms with E-state index >= 15 is 0 Å². The first kappa shape index (κ1) is 17.7. The molecule has 0 saturated carbocycles. The van der Waals surface area contributed by atoms with Gasteiger partial charge < -0.3 is 10.1 Å². The summed E-state index contributed by atoms with van der Waals surface area (Å²) in [5.41, 5.74) is 1.77. The van der Waals surface area contributed by atoms with Gasteiger partial charge in [-0.25, -0.2) is 24.7 Å². The van der Waals surface area contributed by atoms with E-state index in [1.165, 1.54) is 24.5 Å². The fourth-order valence-electron chi connectivity index (χ4n) is 2.59. The van der Waals surface area contributed by atoms with Gasteiger partial charge in [-0.05, 0) is 18.6 Å². The van der Waals surface area contributed by atoms with Crippen LogP contribution in [0, 0.1) is 5.95 Å². The van der Waals surface area contributed by atoms with Crippen LogP contribution in [0.3, 0.4) is 0 Å². The summed E-state index contributed by atoms with van der Waals surface area (Å²) in [7, 11) is 0. The molecule has 0 aliphatic heterocycles. The first-order chi connectivity index (χ1) is 13.5. The number of rotatable bonds is 6. The second kappa shape index (κ2) is 7.13. The van der Waals surface area contributed by atoms with Crippen molar-refractivity contribution in [3.63, 3.8) is 0 Å². The summed E-state index contributed by atoms with van der Waals surface area (Å²) >= 11 is 0. The van der Waals surface area contributed by atoms with Crippen molar-refractivity contribution < 1.29 is 17.9 Å². The second-order valence-corrected chi connectivity index (χ2v) is 5.76. The lowest BCUT2D eigenvalue weighted by molar-refractivity contribution is -0.0528. The molecule has 0 radical (unpaired) electrons. The highest BCUT2D eigenvalue weighted by molar-refractivity contribution is 5.72. The maximum absolute atomic E-state index is 13.1. The van der Waals surface area contributed by atoms with E-state index in [0.717, 1.165) is 5.56 Å². The van der Waals surface area contributed by atoms with Gasteiger partial charge in [-0.15, -0.1) is 0 Å². The van der Waals surface area contributed by atoms with Crippen LogP contribution in [-0.2, 0) is 0 Å². The fourth-order valence-corrected chi connectivity index (χ4v) is 2.59. The predicted molar refractivity (Wildman–Crippen MR) is 91.8 cm³/mol. The molecule has 0 unspecified atom stereocenters. The van der Waals surface area contributed by atoms with Crippen LogP contribution in [0.25, 0.3) is 11.2 Å². The Labute approximate surface area is 155 Å². The number of hydrogen-bond acceptors (Lipinski definition) is 7. The monoisotopic (exact) mass is 390 g/mol.